The third-order valence-electron chi connectivity index (χ3n) is 4.14. The van der Waals surface area contributed by atoms with Crippen LogP contribution in [-0.2, 0) is 0 Å². The minimum absolute atomic E-state index is 0.324. The molecule has 2 nitrogen and oxygen atoms in total. The monoisotopic (exact) mass is 213 g/mol. The summed E-state index contributed by atoms with van der Waals surface area (Å²) < 4.78 is 0. The van der Waals surface area contributed by atoms with Crippen molar-refractivity contribution in [2.45, 2.75) is 59.4 Å². The molecule has 0 spiro atoms. The molecule has 90 valence electrons. The van der Waals surface area contributed by atoms with Crippen LogP contribution in [0.15, 0.2) is 0 Å². The SMILES string of the molecule is CC(NCC1(CCO)CCC1)C(C)(C)C. The second-order valence-corrected chi connectivity index (χ2v) is 6.30. The summed E-state index contributed by atoms with van der Waals surface area (Å²) in [5.41, 5.74) is 0.735. The van der Waals surface area contributed by atoms with Crippen molar-refractivity contribution >= 4 is 0 Å². The van der Waals surface area contributed by atoms with Crippen LogP contribution < -0.4 is 5.32 Å². The molecule has 0 heterocycles. The topological polar surface area (TPSA) is 32.3 Å². The number of nitrogens with one attached hydrogen (secondary N) is 1. The zero-order chi connectivity index (χ0) is 11.5. The fraction of sp³-hybridized carbons (Fsp3) is 1.00. The van der Waals surface area contributed by atoms with Gasteiger partial charge in [0.15, 0.2) is 0 Å². The normalized spacial score (nSPS) is 22.2. The molecule has 0 bridgehead atoms. The van der Waals surface area contributed by atoms with E-state index >= 15 is 0 Å². The molecule has 2 heteroatoms. The van der Waals surface area contributed by atoms with E-state index < -0.39 is 0 Å². The lowest BCUT2D eigenvalue weighted by molar-refractivity contribution is 0.0771. The maximum Gasteiger partial charge on any atom is 0.0436 e. The third kappa shape index (κ3) is 3.46. The Morgan fingerprint density at radius 2 is 1.93 bits per heavy atom. The van der Waals surface area contributed by atoms with Gasteiger partial charge in [0.1, 0.15) is 0 Å². The number of rotatable bonds is 5. The molecular formula is C13H27NO. The summed E-state index contributed by atoms with van der Waals surface area (Å²) in [6.45, 7) is 10.5. The summed E-state index contributed by atoms with van der Waals surface area (Å²) >= 11 is 0. The Hall–Kier alpha value is -0.0800. The highest BCUT2D eigenvalue weighted by atomic mass is 16.3. The van der Waals surface area contributed by atoms with Crippen molar-refractivity contribution < 1.29 is 5.11 Å². The standard InChI is InChI=1S/C13H27NO/c1-11(12(2,3)4)14-10-13(8-9-15)6-5-7-13/h11,14-15H,5-10H2,1-4H3. The van der Waals surface area contributed by atoms with Gasteiger partial charge in [-0.1, -0.05) is 27.2 Å². The Kier molecular flexibility index (Phi) is 4.19. The first-order chi connectivity index (χ1) is 6.90. The molecule has 1 saturated carbocycles. The molecule has 1 aliphatic carbocycles. The second kappa shape index (κ2) is 4.84. The van der Waals surface area contributed by atoms with Crippen LogP contribution in [0.2, 0.25) is 0 Å². The molecule has 1 aliphatic rings. The molecule has 0 aromatic carbocycles. The minimum Gasteiger partial charge on any atom is -0.396 e. The van der Waals surface area contributed by atoms with Gasteiger partial charge in [0.05, 0.1) is 0 Å². The molecule has 1 atom stereocenters. The summed E-state index contributed by atoms with van der Waals surface area (Å²) in [5, 5.41) is 12.7. The van der Waals surface area contributed by atoms with Crippen molar-refractivity contribution in [2.75, 3.05) is 13.2 Å². The molecule has 2 N–H and O–H groups in total. The van der Waals surface area contributed by atoms with Gasteiger partial charge >= 0.3 is 0 Å². The average molecular weight is 213 g/mol. The quantitative estimate of drug-likeness (QED) is 0.735. The first kappa shape index (κ1) is 13.0. The van der Waals surface area contributed by atoms with Gasteiger partial charge in [0.2, 0.25) is 0 Å². The first-order valence-electron chi connectivity index (χ1n) is 6.24. The fourth-order valence-corrected chi connectivity index (χ4v) is 2.10. The maximum absolute atomic E-state index is 9.06. The summed E-state index contributed by atoms with van der Waals surface area (Å²) in [7, 11) is 0. The third-order valence-corrected chi connectivity index (χ3v) is 4.14. The lowest BCUT2D eigenvalue weighted by Gasteiger charge is -2.43. The van der Waals surface area contributed by atoms with Crippen LogP contribution in [-0.4, -0.2) is 24.3 Å². The van der Waals surface area contributed by atoms with Crippen molar-refractivity contribution in [3.63, 3.8) is 0 Å². The summed E-state index contributed by atoms with van der Waals surface area (Å²) in [6, 6.07) is 0.536. The molecule has 1 fully saturated rings. The summed E-state index contributed by atoms with van der Waals surface area (Å²) in [5.74, 6) is 0. The first-order valence-corrected chi connectivity index (χ1v) is 6.24. The predicted octanol–water partition coefficient (Wildman–Crippen LogP) is 2.56. The summed E-state index contributed by atoms with van der Waals surface area (Å²) in [4.78, 5) is 0. The van der Waals surface area contributed by atoms with E-state index in [9.17, 15) is 0 Å². The van der Waals surface area contributed by atoms with Crippen molar-refractivity contribution in [1.82, 2.24) is 5.32 Å². The van der Waals surface area contributed by atoms with E-state index in [4.69, 9.17) is 5.11 Å². The highest BCUT2D eigenvalue weighted by molar-refractivity contribution is 4.91. The van der Waals surface area contributed by atoms with E-state index in [0.717, 1.165) is 13.0 Å². The molecule has 0 radical (unpaired) electrons. The number of aliphatic hydroxyl groups excluding tert-OH is 1. The van der Waals surface area contributed by atoms with Gasteiger partial charge in [-0.05, 0) is 37.0 Å². The van der Waals surface area contributed by atoms with Crippen molar-refractivity contribution in [2.24, 2.45) is 10.8 Å². The van der Waals surface area contributed by atoms with E-state index in [1.165, 1.54) is 19.3 Å². The minimum atomic E-state index is 0.324. The van der Waals surface area contributed by atoms with Gasteiger partial charge in [0, 0.05) is 19.2 Å². The molecule has 0 aromatic rings. The van der Waals surface area contributed by atoms with Gasteiger partial charge in [0.25, 0.3) is 0 Å². The molecule has 0 aliphatic heterocycles. The van der Waals surface area contributed by atoms with Gasteiger partial charge < -0.3 is 10.4 Å². The van der Waals surface area contributed by atoms with Gasteiger partial charge in [-0.25, -0.2) is 0 Å². The largest absolute Gasteiger partial charge is 0.396 e. The molecule has 1 unspecified atom stereocenters. The zero-order valence-electron chi connectivity index (χ0n) is 10.8. The lowest BCUT2D eigenvalue weighted by Crippen LogP contribution is -2.47. The Labute approximate surface area is 94.5 Å². The van der Waals surface area contributed by atoms with E-state index in [0.29, 0.717) is 23.5 Å². The predicted molar refractivity (Wildman–Crippen MR) is 64.9 cm³/mol. The average Bonchev–Trinajstić information content (AvgIpc) is 2.07. The molecular weight excluding hydrogens is 186 g/mol. The van der Waals surface area contributed by atoms with Crippen LogP contribution in [0.1, 0.15) is 53.4 Å². The van der Waals surface area contributed by atoms with Crippen LogP contribution in [0.3, 0.4) is 0 Å². The number of aliphatic hydroxyl groups is 1. The Balaban J connectivity index is 2.35. The van der Waals surface area contributed by atoms with Gasteiger partial charge in [-0.2, -0.15) is 0 Å². The molecule has 0 amide bonds. The molecule has 1 rings (SSSR count). The molecule has 15 heavy (non-hydrogen) atoms. The number of hydrogen-bond acceptors (Lipinski definition) is 2. The van der Waals surface area contributed by atoms with E-state index in [1.54, 1.807) is 0 Å². The van der Waals surface area contributed by atoms with E-state index in [2.05, 4.69) is 33.0 Å². The van der Waals surface area contributed by atoms with E-state index in [-0.39, 0.29) is 0 Å². The van der Waals surface area contributed by atoms with Crippen LogP contribution >= 0.6 is 0 Å². The zero-order valence-corrected chi connectivity index (χ0v) is 10.8. The van der Waals surface area contributed by atoms with Gasteiger partial charge in [-0.3, -0.25) is 0 Å². The van der Waals surface area contributed by atoms with Crippen LogP contribution in [0.4, 0.5) is 0 Å². The number of hydrogen-bond donors (Lipinski definition) is 2. The van der Waals surface area contributed by atoms with Crippen molar-refractivity contribution in [3.8, 4) is 0 Å². The smallest absolute Gasteiger partial charge is 0.0436 e. The van der Waals surface area contributed by atoms with E-state index in [1.807, 2.05) is 0 Å². The van der Waals surface area contributed by atoms with Crippen LogP contribution in [0, 0.1) is 10.8 Å². The van der Waals surface area contributed by atoms with Crippen LogP contribution in [0.5, 0.6) is 0 Å². The van der Waals surface area contributed by atoms with Crippen LogP contribution in [0.25, 0.3) is 0 Å². The van der Waals surface area contributed by atoms with Crippen molar-refractivity contribution in [1.29, 1.82) is 0 Å². The highest BCUT2D eigenvalue weighted by Gasteiger charge is 2.36. The molecule has 0 saturated heterocycles. The molecule has 0 aromatic heterocycles. The maximum atomic E-state index is 9.06. The Morgan fingerprint density at radius 1 is 1.33 bits per heavy atom. The van der Waals surface area contributed by atoms with Gasteiger partial charge in [-0.15, -0.1) is 0 Å². The Morgan fingerprint density at radius 3 is 2.27 bits per heavy atom. The lowest BCUT2D eigenvalue weighted by atomic mass is 9.66. The second-order valence-electron chi connectivity index (χ2n) is 6.30. The van der Waals surface area contributed by atoms with Crippen molar-refractivity contribution in [3.05, 3.63) is 0 Å². The fourth-order valence-electron chi connectivity index (χ4n) is 2.10. The Bertz CT molecular complexity index is 191. The summed E-state index contributed by atoms with van der Waals surface area (Å²) in [6.07, 6.45) is 4.89. The highest BCUT2D eigenvalue weighted by Crippen LogP contribution is 2.43.